The van der Waals surface area contributed by atoms with Gasteiger partial charge in [-0.25, -0.2) is 0 Å². The van der Waals surface area contributed by atoms with Gasteiger partial charge in [-0.05, 0) is 23.3 Å². The van der Waals surface area contributed by atoms with Crippen molar-refractivity contribution in [3.05, 3.63) is 65.2 Å². The first-order valence-corrected chi connectivity index (χ1v) is 6.87. The second-order valence-electron chi connectivity index (χ2n) is 4.64. The van der Waals surface area contributed by atoms with Gasteiger partial charge in [0.1, 0.15) is 4.99 Å². The molecule has 0 aliphatic rings. The topological polar surface area (TPSA) is 75.4 Å². The minimum atomic E-state index is -0.102. The van der Waals surface area contributed by atoms with Crippen LogP contribution in [-0.4, -0.2) is 16.0 Å². The van der Waals surface area contributed by atoms with E-state index >= 15 is 0 Å². The maximum Gasteiger partial charge on any atom is 0.228 e. The van der Waals surface area contributed by atoms with Crippen LogP contribution in [0.5, 0.6) is 0 Å². The molecule has 0 heterocycles. The number of carbonyl (C=O) groups excluding carboxylic acids is 1. The van der Waals surface area contributed by atoms with E-state index in [9.17, 15) is 4.79 Å². The summed E-state index contributed by atoms with van der Waals surface area (Å²) in [5.74, 6) is -0.102. The zero-order valence-electron chi connectivity index (χ0n) is 11.4. The molecule has 0 saturated heterocycles. The highest BCUT2D eigenvalue weighted by Gasteiger charge is 2.05. The largest absolute Gasteiger partial charge is 0.392 e. The average molecular weight is 300 g/mol. The Balaban J connectivity index is 1.95. The summed E-state index contributed by atoms with van der Waals surface area (Å²) in [5.41, 5.74) is 8.71. The van der Waals surface area contributed by atoms with Crippen molar-refractivity contribution in [2.45, 2.75) is 13.0 Å². The molecule has 0 bridgehead atoms. The van der Waals surface area contributed by atoms with E-state index in [1.165, 1.54) is 0 Å². The van der Waals surface area contributed by atoms with Crippen LogP contribution in [0.25, 0.3) is 0 Å². The molecule has 5 heteroatoms. The molecule has 0 aliphatic carbocycles. The minimum absolute atomic E-state index is 0.0103. The van der Waals surface area contributed by atoms with Crippen molar-refractivity contribution in [2.75, 3.05) is 5.32 Å². The van der Waals surface area contributed by atoms with Crippen molar-refractivity contribution in [3.8, 4) is 0 Å². The number of thiocarbonyl (C=S) groups is 1. The number of aliphatic hydroxyl groups excluding tert-OH is 1. The van der Waals surface area contributed by atoms with E-state index in [0.717, 1.165) is 16.7 Å². The van der Waals surface area contributed by atoms with Gasteiger partial charge in [-0.15, -0.1) is 0 Å². The maximum atomic E-state index is 11.9. The Morgan fingerprint density at radius 1 is 1.05 bits per heavy atom. The maximum absolute atomic E-state index is 11.9. The zero-order valence-corrected chi connectivity index (χ0v) is 12.2. The second-order valence-corrected chi connectivity index (χ2v) is 5.08. The third kappa shape index (κ3) is 4.37. The Labute approximate surface area is 128 Å². The Morgan fingerprint density at radius 2 is 1.62 bits per heavy atom. The number of anilines is 1. The molecule has 0 fully saturated rings. The normalized spacial score (nSPS) is 10.1. The highest BCUT2D eigenvalue weighted by molar-refractivity contribution is 7.80. The molecule has 0 unspecified atom stereocenters. The first kappa shape index (κ1) is 15.2. The van der Waals surface area contributed by atoms with Gasteiger partial charge in [0.25, 0.3) is 0 Å². The molecule has 1 amide bonds. The van der Waals surface area contributed by atoms with E-state index in [-0.39, 0.29) is 18.9 Å². The Morgan fingerprint density at radius 3 is 2.14 bits per heavy atom. The van der Waals surface area contributed by atoms with Gasteiger partial charge in [0.15, 0.2) is 0 Å². The molecule has 0 aromatic heterocycles. The van der Waals surface area contributed by atoms with Gasteiger partial charge in [0.05, 0.1) is 13.0 Å². The lowest BCUT2D eigenvalue weighted by atomic mass is 10.1. The molecule has 0 saturated carbocycles. The number of nitrogens with two attached hydrogens (primary N) is 1. The number of hydrogen-bond acceptors (Lipinski definition) is 3. The number of carbonyl (C=O) groups is 1. The van der Waals surface area contributed by atoms with Gasteiger partial charge in [-0.2, -0.15) is 0 Å². The molecule has 2 aromatic rings. The number of nitrogens with one attached hydrogen (secondary N) is 1. The summed E-state index contributed by atoms with van der Waals surface area (Å²) in [6, 6.07) is 14.4. The SMILES string of the molecule is NC(=S)c1ccc(CC(=O)Nc2ccc(CO)cc2)cc1. The van der Waals surface area contributed by atoms with E-state index < -0.39 is 0 Å². The molecule has 0 spiro atoms. The van der Waals surface area contributed by atoms with Crippen LogP contribution in [0.2, 0.25) is 0 Å². The summed E-state index contributed by atoms with van der Waals surface area (Å²) in [4.78, 5) is 12.3. The fourth-order valence-electron chi connectivity index (χ4n) is 1.87. The first-order valence-electron chi connectivity index (χ1n) is 6.47. The molecule has 2 aromatic carbocycles. The monoisotopic (exact) mass is 300 g/mol. The summed E-state index contributed by atoms with van der Waals surface area (Å²) in [6.07, 6.45) is 0.277. The lowest BCUT2D eigenvalue weighted by Crippen LogP contribution is -2.14. The molecule has 0 atom stereocenters. The van der Waals surface area contributed by atoms with Gasteiger partial charge in [0, 0.05) is 11.3 Å². The van der Waals surface area contributed by atoms with Gasteiger partial charge in [-0.1, -0.05) is 48.6 Å². The standard InChI is InChI=1S/C16H16N2O2S/c17-16(21)13-5-1-11(2-6-13)9-15(20)18-14-7-3-12(10-19)4-8-14/h1-8,19H,9-10H2,(H2,17,21)(H,18,20). The average Bonchev–Trinajstić information content (AvgIpc) is 2.48. The Hall–Kier alpha value is -2.24. The van der Waals surface area contributed by atoms with Crippen molar-refractivity contribution < 1.29 is 9.90 Å². The predicted molar refractivity (Wildman–Crippen MR) is 87.0 cm³/mol. The smallest absolute Gasteiger partial charge is 0.228 e. The van der Waals surface area contributed by atoms with Gasteiger partial charge in [0.2, 0.25) is 5.91 Å². The van der Waals surface area contributed by atoms with Gasteiger partial charge in [-0.3, -0.25) is 4.79 Å². The van der Waals surface area contributed by atoms with Gasteiger partial charge >= 0.3 is 0 Å². The number of rotatable bonds is 5. The highest BCUT2D eigenvalue weighted by atomic mass is 32.1. The lowest BCUT2D eigenvalue weighted by Gasteiger charge is -2.06. The van der Waals surface area contributed by atoms with E-state index in [1.807, 2.05) is 12.1 Å². The fourth-order valence-corrected chi connectivity index (χ4v) is 2.01. The summed E-state index contributed by atoms with van der Waals surface area (Å²) >= 11 is 4.88. The quantitative estimate of drug-likeness (QED) is 0.738. The Kier molecular flexibility index (Phi) is 5.03. The van der Waals surface area contributed by atoms with Crippen LogP contribution in [0.15, 0.2) is 48.5 Å². The molecule has 0 radical (unpaired) electrons. The van der Waals surface area contributed by atoms with Crippen LogP contribution >= 0.6 is 12.2 Å². The Bertz CT molecular complexity index is 636. The van der Waals surface area contributed by atoms with Crippen molar-refractivity contribution in [1.82, 2.24) is 0 Å². The molecular formula is C16H16N2O2S. The van der Waals surface area contributed by atoms with E-state index in [1.54, 1.807) is 36.4 Å². The fraction of sp³-hybridized carbons (Fsp3) is 0.125. The van der Waals surface area contributed by atoms with Crippen LogP contribution in [0.1, 0.15) is 16.7 Å². The third-order valence-electron chi connectivity index (χ3n) is 3.02. The van der Waals surface area contributed by atoms with Gasteiger partial charge < -0.3 is 16.2 Å². The van der Waals surface area contributed by atoms with Crippen molar-refractivity contribution >= 4 is 28.8 Å². The summed E-state index contributed by atoms with van der Waals surface area (Å²) in [5, 5.41) is 11.8. The van der Waals surface area contributed by atoms with Crippen LogP contribution < -0.4 is 11.1 Å². The number of benzene rings is 2. The molecule has 4 nitrogen and oxygen atoms in total. The first-order chi connectivity index (χ1) is 10.1. The summed E-state index contributed by atoms with van der Waals surface area (Å²) < 4.78 is 0. The summed E-state index contributed by atoms with van der Waals surface area (Å²) in [7, 11) is 0. The molecular weight excluding hydrogens is 284 g/mol. The summed E-state index contributed by atoms with van der Waals surface area (Å²) in [6.45, 7) is -0.0103. The van der Waals surface area contributed by atoms with Crippen LogP contribution in [-0.2, 0) is 17.8 Å². The molecule has 2 rings (SSSR count). The highest BCUT2D eigenvalue weighted by Crippen LogP contribution is 2.11. The molecule has 108 valence electrons. The van der Waals surface area contributed by atoms with E-state index in [4.69, 9.17) is 23.1 Å². The van der Waals surface area contributed by atoms with Crippen molar-refractivity contribution in [2.24, 2.45) is 5.73 Å². The van der Waals surface area contributed by atoms with E-state index in [0.29, 0.717) is 10.7 Å². The van der Waals surface area contributed by atoms with Crippen molar-refractivity contribution in [3.63, 3.8) is 0 Å². The van der Waals surface area contributed by atoms with Crippen LogP contribution in [0.3, 0.4) is 0 Å². The molecule has 4 N–H and O–H groups in total. The zero-order chi connectivity index (χ0) is 15.2. The number of hydrogen-bond donors (Lipinski definition) is 3. The third-order valence-corrected chi connectivity index (χ3v) is 3.26. The minimum Gasteiger partial charge on any atom is -0.392 e. The molecule has 0 aliphatic heterocycles. The van der Waals surface area contributed by atoms with E-state index in [2.05, 4.69) is 5.32 Å². The second kappa shape index (κ2) is 6.97. The lowest BCUT2D eigenvalue weighted by molar-refractivity contribution is -0.115. The number of aliphatic hydroxyl groups is 1. The van der Waals surface area contributed by atoms with Crippen molar-refractivity contribution in [1.29, 1.82) is 0 Å². The molecule has 21 heavy (non-hydrogen) atoms. The number of amides is 1. The predicted octanol–water partition coefficient (Wildman–Crippen LogP) is 1.99. The van der Waals surface area contributed by atoms with Crippen LogP contribution in [0, 0.1) is 0 Å². The van der Waals surface area contributed by atoms with Crippen LogP contribution in [0.4, 0.5) is 5.69 Å².